The molecule has 2 aromatic rings. The maximum atomic E-state index is 13.4. The van der Waals surface area contributed by atoms with Gasteiger partial charge in [0, 0.05) is 23.1 Å². The first-order valence-electron chi connectivity index (χ1n) is 9.99. The van der Waals surface area contributed by atoms with Crippen LogP contribution in [-0.2, 0) is 34.3 Å². The topological polar surface area (TPSA) is 61.2 Å². The Labute approximate surface area is 176 Å². The third-order valence-corrected chi connectivity index (χ3v) is 5.97. The van der Waals surface area contributed by atoms with E-state index in [1.54, 1.807) is 29.3 Å². The molecule has 1 aliphatic rings. The Morgan fingerprint density at radius 3 is 2.79 bits per heavy atom. The SMILES string of the molecule is C=CCn1c(SCC)nc2c(c1=O)C(C)(C)Cc1cc(CC(=O)OCC)ccc1-2. The van der Waals surface area contributed by atoms with Crippen molar-refractivity contribution in [2.24, 2.45) is 0 Å². The summed E-state index contributed by atoms with van der Waals surface area (Å²) in [5.74, 6) is 0.604. The molecular formula is C23H28N2O3S. The number of rotatable bonds is 7. The van der Waals surface area contributed by atoms with Gasteiger partial charge < -0.3 is 4.74 Å². The second-order valence-electron chi connectivity index (χ2n) is 7.79. The summed E-state index contributed by atoms with van der Waals surface area (Å²) >= 11 is 1.56. The lowest BCUT2D eigenvalue weighted by Crippen LogP contribution is -2.38. The monoisotopic (exact) mass is 412 g/mol. The Balaban J connectivity index is 2.16. The van der Waals surface area contributed by atoms with Crippen molar-refractivity contribution in [3.05, 3.63) is 57.9 Å². The first kappa shape index (κ1) is 21.4. The summed E-state index contributed by atoms with van der Waals surface area (Å²) in [4.78, 5) is 30.2. The zero-order chi connectivity index (χ0) is 21.2. The van der Waals surface area contributed by atoms with E-state index in [0.717, 1.165) is 45.3 Å². The van der Waals surface area contributed by atoms with Crippen LogP contribution in [0.3, 0.4) is 0 Å². The number of fused-ring (bicyclic) bond motifs is 3. The lowest BCUT2D eigenvalue weighted by molar-refractivity contribution is -0.142. The first-order valence-corrected chi connectivity index (χ1v) is 11.0. The zero-order valence-electron chi connectivity index (χ0n) is 17.6. The molecule has 0 bridgehead atoms. The minimum absolute atomic E-state index is 0.0112. The van der Waals surface area contributed by atoms with Gasteiger partial charge in [-0.15, -0.1) is 6.58 Å². The highest BCUT2D eigenvalue weighted by molar-refractivity contribution is 7.99. The highest BCUT2D eigenvalue weighted by atomic mass is 32.2. The lowest BCUT2D eigenvalue weighted by atomic mass is 9.72. The summed E-state index contributed by atoms with van der Waals surface area (Å²) in [6, 6.07) is 5.98. The molecule has 0 aliphatic heterocycles. The van der Waals surface area contributed by atoms with E-state index in [2.05, 4.69) is 26.5 Å². The van der Waals surface area contributed by atoms with Gasteiger partial charge in [-0.05, 0) is 30.2 Å². The van der Waals surface area contributed by atoms with E-state index in [1.165, 1.54) is 0 Å². The molecule has 0 atom stereocenters. The predicted octanol–water partition coefficient (Wildman–Crippen LogP) is 4.15. The molecule has 154 valence electrons. The molecule has 1 heterocycles. The van der Waals surface area contributed by atoms with Gasteiger partial charge in [-0.25, -0.2) is 4.98 Å². The third-order valence-electron chi connectivity index (χ3n) is 5.11. The summed E-state index contributed by atoms with van der Waals surface area (Å²) < 4.78 is 6.80. The summed E-state index contributed by atoms with van der Waals surface area (Å²) in [5.41, 5.74) is 4.19. The highest BCUT2D eigenvalue weighted by Crippen LogP contribution is 2.41. The third kappa shape index (κ3) is 4.17. The number of ether oxygens (including phenoxy) is 1. The van der Waals surface area contributed by atoms with Gasteiger partial charge in [0.25, 0.3) is 5.56 Å². The number of esters is 1. The van der Waals surface area contributed by atoms with E-state index in [-0.39, 0.29) is 23.4 Å². The molecule has 3 rings (SSSR count). The molecule has 6 heteroatoms. The summed E-state index contributed by atoms with van der Waals surface area (Å²) in [5, 5.41) is 0.718. The van der Waals surface area contributed by atoms with Gasteiger partial charge in [-0.2, -0.15) is 0 Å². The van der Waals surface area contributed by atoms with Crippen LogP contribution in [0, 0.1) is 0 Å². The van der Waals surface area contributed by atoms with E-state index >= 15 is 0 Å². The maximum Gasteiger partial charge on any atom is 0.310 e. The number of aromatic nitrogens is 2. The van der Waals surface area contributed by atoms with Crippen LogP contribution in [0.1, 0.15) is 44.4 Å². The van der Waals surface area contributed by atoms with Crippen molar-refractivity contribution in [2.75, 3.05) is 12.4 Å². The Morgan fingerprint density at radius 1 is 1.38 bits per heavy atom. The number of benzene rings is 1. The van der Waals surface area contributed by atoms with Gasteiger partial charge in [-0.3, -0.25) is 14.2 Å². The number of hydrogen-bond donors (Lipinski definition) is 0. The molecule has 1 aromatic carbocycles. The molecule has 0 radical (unpaired) electrons. The number of thioether (sulfide) groups is 1. The summed E-state index contributed by atoms with van der Waals surface area (Å²) in [6.45, 7) is 12.6. The maximum absolute atomic E-state index is 13.4. The second-order valence-corrected chi connectivity index (χ2v) is 9.02. The van der Waals surface area contributed by atoms with E-state index < -0.39 is 0 Å². The Hall–Kier alpha value is -2.34. The van der Waals surface area contributed by atoms with Crippen LogP contribution in [-0.4, -0.2) is 27.9 Å². The molecule has 0 unspecified atom stereocenters. The fourth-order valence-electron chi connectivity index (χ4n) is 3.95. The molecule has 29 heavy (non-hydrogen) atoms. The van der Waals surface area contributed by atoms with Crippen LogP contribution in [0.2, 0.25) is 0 Å². The van der Waals surface area contributed by atoms with E-state index in [9.17, 15) is 9.59 Å². The second kappa shape index (κ2) is 8.57. The van der Waals surface area contributed by atoms with Crippen molar-refractivity contribution < 1.29 is 9.53 Å². The molecule has 0 N–H and O–H groups in total. The molecular weight excluding hydrogens is 384 g/mol. The average Bonchev–Trinajstić information content (AvgIpc) is 2.64. The number of nitrogens with zero attached hydrogens (tertiary/aromatic N) is 2. The summed E-state index contributed by atoms with van der Waals surface area (Å²) in [6.07, 6.45) is 2.71. The minimum Gasteiger partial charge on any atom is -0.466 e. The number of hydrogen-bond acceptors (Lipinski definition) is 5. The van der Waals surface area contributed by atoms with Gasteiger partial charge in [0.2, 0.25) is 0 Å². The largest absolute Gasteiger partial charge is 0.466 e. The van der Waals surface area contributed by atoms with Crippen LogP contribution in [0.15, 0.2) is 40.8 Å². The molecule has 0 saturated heterocycles. The van der Waals surface area contributed by atoms with Crippen molar-refractivity contribution in [3.8, 4) is 11.3 Å². The molecule has 1 aliphatic carbocycles. The van der Waals surface area contributed by atoms with E-state index in [0.29, 0.717) is 13.2 Å². The van der Waals surface area contributed by atoms with Crippen LogP contribution < -0.4 is 5.56 Å². The Kier molecular flexibility index (Phi) is 6.32. The number of carbonyl (C=O) groups excluding carboxylic acids is 1. The Morgan fingerprint density at radius 2 is 2.14 bits per heavy atom. The smallest absolute Gasteiger partial charge is 0.310 e. The fraction of sp³-hybridized carbons (Fsp3) is 0.435. The van der Waals surface area contributed by atoms with Gasteiger partial charge in [0.05, 0.1) is 18.7 Å². The minimum atomic E-state index is -0.354. The highest BCUT2D eigenvalue weighted by Gasteiger charge is 2.36. The van der Waals surface area contributed by atoms with Crippen molar-refractivity contribution in [1.29, 1.82) is 0 Å². The van der Waals surface area contributed by atoms with Crippen molar-refractivity contribution in [1.82, 2.24) is 9.55 Å². The van der Waals surface area contributed by atoms with Crippen LogP contribution >= 0.6 is 11.8 Å². The molecule has 0 saturated carbocycles. The number of carbonyl (C=O) groups is 1. The van der Waals surface area contributed by atoms with Crippen LogP contribution in [0.5, 0.6) is 0 Å². The van der Waals surface area contributed by atoms with Gasteiger partial charge in [-0.1, -0.05) is 56.8 Å². The van der Waals surface area contributed by atoms with E-state index in [4.69, 9.17) is 9.72 Å². The molecule has 0 amide bonds. The van der Waals surface area contributed by atoms with Crippen LogP contribution in [0.25, 0.3) is 11.3 Å². The Bertz CT molecular complexity index is 1010. The predicted molar refractivity (Wildman–Crippen MR) is 118 cm³/mol. The quantitative estimate of drug-likeness (QED) is 0.296. The van der Waals surface area contributed by atoms with Crippen molar-refractivity contribution in [3.63, 3.8) is 0 Å². The molecule has 0 fully saturated rings. The van der Waals surface area contributed by atoms with Gasteiger partial charge in [0.1, 0.15) is 0 Å². The summed E-state index contributed by atoms with van der Waals surface area (Å²) in [7, 11) is 0. The lowest BCUT2D eigenvalue weighted by Gasteiger charge is -2.33. The normalized spacial score (nSPS) is 14.1. The molecule has 5 nitrogen and oxygen atoms in total. The first-order chi connectivity index (χ1) is 13.8. The number of allylic oxidation sites excluding steroid dienone is 1. The fourth-order valence-corrected chi connectivity index (χ4v) is 4.67. The van der Waals surface area contributed by atoms with Gasteiger partial charge >= 0.3 is 5.97 Å². The molecule has 1 aromatic heterocycles. The van der Waals surface area contributed by atoms with Crippen molar-refractivity contribution >= 4 is 17.7 Å². The van der Waals surface area contributed by atoms with Crippen molar-refractivity contribution in [2.45, 2.75) is 57.7 Å². The standard InChI is InChI=1S/C23H28N2O3S/c1-6-11-25-21(27)19-20(24-22(25)29-8-3)17-10-9-15(13-18(26)28-7-2)12-16(17)14-23(19,4)5/h6,9-10,12H,1,7-8,11,13-14H2,2-5H3. The zero-order valence-corrected chi connectivity index (χ0v) is 18.4. The van der Waals surface area contributed by atoms with Crippen LogP contribution in [0.4, 0.5) is 0 Å². The molecule has 0 spiro atoms. The van der Waals surface area contributed by atoms with E-state index in [1.807, 2.05) is 19.1 Å². The average molecular weight is 413 g/mol. The van der Waals surface area contributed by atoms with Gasteiger partial charge in [0.15, 0.2) is 5.16 Å².